The summed E-state index contributed by atoms with van der Waals surface area (Å²) in [5.74, 6) is 0.756. The van der Waals surface area contributed by atoms with Crippen molar-refractivity contribution in [2.24, 2.45) is 10.9 Å². The summed E-state index contributed by atoms with van der Waals surface area (Å²) in [5.41, 5.74) is 1.45. The molecule has 54 valence electrons. The van der Waals surface area contributed by atoms with E-state index in [1.54, 1.807) is 0 Å². The summed E-state index contributed by atoms with van der Waals surface area (Å²) in [4.78, 5) is 4.16. The number of rotatable bonds is 1. The van der Waals surface area contributed by atoms with Crippen molar-refractivity contribution in [1.29, 1.82) is 0 Å². The Morgan fingerprint density at radius 3 is 3.20 bits per heavy atom. The van der Waals surface area contributed by atoms with Crippen LogP contribution in [-0.4, -0.2) is 25.8 Å². The molecule has 1 atom stereocenters. The molecule has 10 heavy (non-hydrogen) atoms. The second-order valence-corrected chi connectivity index (χ2v) is 2.89. The van der Waals surface area contributed by atoms with Gasteiger partial charge in [0, 0.05) is 12.8 Å². The highest BCUT2D eigenvalue weighted by Crippen LogP contribution is 2.18. The van der Waals surface area contributed by atoms with Crippen LogP contribution in [0.15, 0.2) is 16.6 Å². The predicted molar refractivity (Wildman–Crippen MR) is 42.4 cm³/mol. The van der Waals surface area contributed by atoms with Gasteiger partial charge in [-0.25, -0.2) is 0 Å². The predicted octanol–water partition coefficient (Wildman–Crippen LogP) is 0.607. The van der Waals surface area contributed by atoms with Gasteiger partial charge in [0.05, 0.1) is 6.54 Å². The lowest BCUT2D eigenvalue weighted by molar-refractivity contribution is 0.710. The molecule has 1 fully saturated rings. The molecule has 2 heterocycles. The average molecular weight is 136 g/mol. The molecule has 2 nitrogen and oxygen atoms in total. The number of nitrogens with zero attached hydrogens (tertiary/aromatic N) is 1. The fourth-order valence-corrected chi connectivity index (χ4v) is 1.58. The minimum Gasteiger partial charge on any atom is -0.316 e. The highest BCUT2D eigenvalue weighted by molar-refractivity contribution is 5.81. The first kappa shape index (κ1) is 6.10. The standard InChI is InChI=1S/C8H12N2/c1-3-9-5-7(1)8-2-4-10-6-8/h1,5,8,10H,2-4,6H2. The first-order chi connectivity index (χ1) is 4.97. The zero-order chi connectivity index (χ0) is 6.81. The molecule has 0 radical (unpaired) electrons. The zero-order valence-electron chi connectivity index (χ0n) is 6.01. The first-order valence-corrected chi connectivity index (χ1v) is 3.87. The molecule has 1 unspecified atom stereocenters. The zero-order valence-corrected chi connectivity index (χ0v) is 6.01. The second-order valence-electron chi connectivity index (χ2n) is 2.89. The molecule has 0 amide bonds. The van der Waals surface area contributed by atoms with E-state index in [0.717, 1.165) is 19.0 Å². The van der Waals surface area contributed by atoms with Crippen LogP contribution in [0.25, 0.3) is 0 Å². The molecular formula is C8H12N2. The molecule has 0 aromatic carbocycles. The van der Waals surface area contributed by atoms with Crippen LogP contribution in [0.1, 0.15) is 6.42 Å². The highest BCUT2D eigenvalue weighted by atomic mass is 14.9. The molecule has 0 saturated carbocycles. The van der Waals surface area contributed by atoms with Gasteiger partial charge in [0.2, 0.25) is 0 Å². The van der Waals surface area contributed by atoms with E-state index < -0.39 is 0 Å². The van der Waals surface area contributed by atoms with E-state index >= 15 is 0 Å². The largest absolute Gasteiger partial charge is 0.316 e. The van der Waals surface area contributed by atoms with Crippen molar-refractivity contribution in [3.05, 3.63) is 11.6 Å². The second kappa shape index (κ2) is 2.54. The van der Waals surface area contributed by atoms with Crippen molar-refractivity contribution >= 4 is 6.21 Å². The quantitative estimate of drug-likeness (QED) is 0.561. The summed E-state index contributed by atoms with van der Waals surface area (Å²) in [7, 11) is 0. The summed E-state index contributed by atoms with van der Waals surface area (Å²) in [6, 6.07) is 0. The summed E-state index contributed by atoms with van der Waals surface area (Å²) >= 11 is 0. The normalized spacial score (nSPS) is 31.2. The topological polar surface area (TPSA) is 24.4 Å². The van der Waals surface area contributed by atoms with Crippen LogP contribution in [0.5, 0.6) is 0 Å². The highest BCUT2D eigenvalue weighted by Gasteiger charge is 2.18. The summed E-state index contributed by atoms with van der Waals surface area (Å²) in [6.07, 6.45) is 5.55. The van der Waals surface area contributed by atoms with Crippen LogP contribution in [0.4, 0.5) is 0 Å². The number of aliphatic imine (C=N–C) groups is 1. The maximum absolute atomic E-state index is 4.16. The van der Waals surface area contributed by atoms with E-state index in [2.05, 4.69) is 16.4 Å². The van der Waals surface area contributed by atoms with Gasteiger partial charge in [0.25, 0.3) is 0 Å². The minimum absolute atomic E-state index is 0.756. The SMILES string of the molecule is C1=NCC=C1C1CCNC1. The van der Waals surface area contributed by atoms with Crippen molar-refractivity contribution in [3.63, 3.8) is 0 Å². The molecule has 1 N–H and O–H groups in total. The molecule has 2 heteroatoms. The summed E-state index contributed by atoms with van der Waals surface area (Å²) in [6.45, 7) is 3.24. The van der Waals surface area contributed by atoms with Crippen LogP contribution in [-0.2, 0) is 0 Å². The smallest absolute Gasteiger partial charge is 0.0576 e. The summed E-state index contributed by atoms with van der Waals surface area (Å²) < 4.78 is 0. The van der Waals surface area contributed by atoms with Crippen LogP contribution in [0, 0.1) is 5.92 Å². The first-order valence-electron chi connectivity index (χ1n) is 3.87. The molecule has 1 saturated heterocycles. The third kappa shape index (κ3) is 0.991. The van der Waals surface area contributed by atoms with Gasteiger partial charge < -0.3 is 5.32 Å². The fraction of sp³-hybridized carbons (Fsp3) is 0.625. The van der Waals surface area contributed by atoms with Crippen molar-refractivity contribution in [2.75, 3.05) is 19.6 Å². The van der Waals surface area contributed by atoms with Crippen LogP contribution in [0.2, 0.25) is 0 Å². The van der Waals surface area contributed by atoms with Crippen molar-refractivity contribution in [3.8, 4) is 0 Å². The number of hydrogen-bond donors (Lipinski definition) is 1. The molecule has 2 aliphatic heterocycles. The lowest BCUT2D eigenvalue weighted by atomic mass is 10.00. The van der Waals surface area contributed by atoms with Crippen molar-refractivity contribution in [2.45, 2.75) is 6.42 Å². The fourth-order valence-electron chi connectivity index (χ4n) is 1.58. The monoisotopic (exact) mass is 136 g/mol. The van der Waals surface area contributed by atoms with Gasteiger partial charge in [0.15, 0.2) is 0 Å². The molecular weight excluding hydrogens is 124 g/mol. The molecule has 0 aromatic heterocycles. The minimum atomic E-state index is 0.756. The van der Waals surface area contributed by atoms with E-state index in [1.165, 1.54) is 18.5 Å². The Morgan fingerprint density at radius 1 is 1.60 bits per heavy atom. The van der Waals surface area contributed by atoms with Gasteiger partial charge >= 0.3 is 0 Å². The lowest BCUT2D eigenvalue weighted by Crippen LogP contribution is -2.10. The van der Waals surface area contributed by atoms with E-state index in [0.29, 0.717) is 0 Å². The molecule has 0 aliphatic carbocycles. The van der Waals surface area contributed by atoms with Gasteiger partial charge in [-0.3, -0.25) is 4.99 Å². The van der Waals surface area contributed by atoms with Gasteiger partial charge in [-0.15, -0.1) is 0 Å². The average Bonchev–Trinajstić information content (AvgIpc) is 2.59. The third-order valence-corrected chi connectivity index (χ3v) is 2.20. The molecule has 0 spiro atoms. The molecule has 2 aliphatic rings. The maximum Gasteiger partial charge on any atom is 0.0576 e. The van der Waals surface area contributed by atoms with Gasteiger partial charge in [-0.1, -0.05) is 6.08 Å². The van der Waals surface area contributed by atoms with E-state index in [1.807, 2.05) is 6.21 Å². The van der Waals surface area contributed by atoms with Crippen LogP contribution >= 0.6 is 0 Å². The third-order valence-electron chi connectivity index (χ3n) is 2.20. The van der Waals surface area contributed by atoms with Gasteiger partial charge in [-0.2, -0.15) is 0 Å². The summed E-state index contributed by atoms with van der Waals surface area (Å²) in [5, 5.41) is 3.35. The Balaban J connectivity index is 2.03. The van der Waals surface area contributed by atoms with Crippen molar-refractivity contribution in [1.82, 2.24) is 5.32 Å². The molecule has 0 aromatic rings. The van der Waals surface area contributed by atoms with Crippen LogP contribution in [0.3, 0.4) is 0 Å². The van der Waals surface area contributed by atoms with Gasteiger partial charge in [-0.05, 0) is 24.5 Å². The maximum atomic E-state index is 4.16. The number of nitrogens with one attached hydrogen (secondary N) is 1. The Hall–Kier alpha value is -0.630. The Labute approximate surface area is 61.0 Å². The number of hydrogen-bond acceptors (Lipinski definition) is 2. The molecule has 0 bridgehead atoms. The van der Waals surface area contributed by atoms with Crippen LogP contribution < -0.4 is 5.32 Å². The molecule has 2 rings (SSSR count). The Bertz CT molecular complexity index is 176. The lowest BCUT2D eigenvalue weighted by Gasteiger charge is -2.04. The van der Waals surface area contributed by atoms with E-state index in [4.69, 9.17) is 0 Å². The van der Waals surface area contributed by atoms with E-state index in [-0.39, 0.29) is 0 Å². The van der Waals surface area contributed by atoms with Crippen molar-refractivity contribution < 1.29 is 0 Å². The Morgan fingerprint density at radius 2 is 2.60 bits per heavy atom. The Kier molecular flexibility index (Phi) is 1.55. The van der Waals surface area contributed by atoms with Gasteiger partial charge in [0.1, 0.15) is 0 Å². The van der Waals surface area contributed by atoms with E-state index in [9.17, 15) is 0 Å².